The molecule has 1 heterocycles. The van der Waals surface area contributed by atoms with Gasteiger partial charge in [0.2, 0.25) is 5.82 Å². The highest BCUT2D eigenvalue weighted by atomic mass is 35.5. The maximum Gasteiger partial charge on any atom is 0.200 e. The standard InChI is InChI=1S/C11H6ClF5N2S/c12-3-1-2-4-18-19-11(20-4)5-6(13)8(15)10(17)9(16)7(5)14/h1-3H2. The van der Waals surface area contributed by atoms with Crippen LogP contribution in [0.3, 0.4) is 0 Å². The zero-order valence-electron chi connectivity index (χ0n) is 9.69. The minimum Gasteiger partial charge on any atom is -0.203 e. The van der Waals surface area contributed by atoms with Gasteiger partial charge in [-0.1, -0.05) is 11.3 Å². The van der Waals surface area contributed by atoms with Crippen molar-refractivity contribution in [3.63, 3.8) is 0 Å². The van der Waals surface area contributed by atoms with Crippen molar-refractivity contribution >= 4 is 22.9 Å². The Balaban J connectivity index is 2.50. The molecule has 0 aliphatic heterocycles. The van der Waals surface area contributed by atoms with E-state index in [0.29, 0.717) is 23.7 Å². The van der Waals surface area contributed by atoms with E-state index in [2.05, 4.69) is 10.2 Å². The van der Waals surface area contributed by atoms with Crippen LogP contribution in [-0.2, 0) is 6.42 Å². The van der Waals surface area contributed by atoms with Crippen LogP contribution in [0.2, 0.25) is 0 Å². The molecule has 0 spiro atoms. The smallest absolute Gasteiger partial charge is 0.200 e. The molecule has 1 aromatic carbocycles. The second-order valence-electron chi connectivity index (χ2n) is 3.74. The fraction of sp³-hybridized carbons (Fsp3) is 0.273. The van der Waals surface area contributed by atoms with Gasteiger partial charge in [-0.05, 0) is 6.42 Å². The highest BCUT2D eigenvalue weighted by Gasteiger charge is 2.28. The molecule has 0 radical (unpaired) electrons. The highest BCUT2D eigenvalue weighted by molar-refractivity contribution is 7.14. The first-order chi connectivity index (χ1) is 9.47. The zero-order chi connectivity index (χ0) is 14.9. The van der Waals surface area contributed by atoms with E-state index < -0.39 is 34.6 Å². The SMILES string of the molecule is Fc1c(F)c(F)c(-c2nnc(CCCCl)s2)c(F)c1F. The van der Waals surface area contributed by atoms with E-state index in [1.54, 1.807) is 0 Å². The van der Waals surface area contributed by atoms with Crippen molar-refractivity contribution in [3.05, 3.63) is 34.1 Å². The van der Waals surface area contributed by atoms with Gasteiger partial charge in [-0.3, -0.25) is 0 Å². The van der Waals surface area contributed by atoms with Gasteiger partial charge >= 0.3 is 0 Å². The van der Waals surface area contributed by atoms with E-state index in [9.17, 15) is 22.0 Å². The molecular weight excluding hydrogens is 323 g/mol. The average molecular weight is 329 g/mol. The number of hydrogen-bond donors (Lipinski definition) is 0. The molecule has 1 aromatic heterocycles. The number of rotatable bonds is 4. The summed E-state index contributed by atoms with van der Waals surface area (Å²) in [6.07, 6.45) is 0.976. The van der Waals surface area contributed by atoms with Crippen LogP contribution in [0.15, 0.2) is 0 Å². The van der Waals surface area contributed by atoms with Gasteiger partial charge in [-0.2, -0.15) is 0 Å². The topological polar surface area (TPSA) is 25.8 Å². The van der Waals surface area contributed by atoms with Crippen LogP contribution < -0.4 is 0 Å². The van der Waals surface area contributed by atoms with Crippen molar-refractivity contribution in [2.24, 2.45) is 0 Å². The van der Waals surface area contributed by atoms with Gasteiger partial charge in [0, 0.05) is 12.3 Å². The van der Waals surface area contributed by atoms with Gasteiger partial charge in [0.25, 0.3) is 0 Å². The Kier molecular flexibility index (Phi) is 4.54. The van der Waals surface area contributed by atoms with Gasteiger partial charge in [0.05, 0.1) is 5.56 Å². The minimum atomic E-state index is -2.20. The molecule has 0 N–H and O–H groups in total. The number of hydrogen-bond acceptors (Lipinski definition) is 3. The van der Waals surface area contributed by atoms with Crippen molar-refractivity contribution in [1.29, 1.82) is 0 Å². The highest BCUT2D eigenvalue weighted by Crippen LogP contribution is 2.33. The lowest BCUT2D eigenvalue weighted by Gasteiger charge is -2.04. The molecule has 9 heteroatoms. The second kappa shape index (κ2) is 6.01. The summed E-state index contributed by atoms with van der Waals surface area (Å²) in [5.74, 6) is -9.68. The van der Waals surface area contributed by atoms with Crippen molar-refractivity contribution in [3.8, 4) is 10.6 Å². The first-order valence-electron chi connectivity index (χ1n) is 5.37. The number of benzene rings is 1. The molecular formula is C11H6ClF5N2S. The summed E-state index contributed by atoms with van der Waals surface area (Å²) in [7, 11) is 0. The summed E-state index contributed by atoms with van der Waals surface area (Å²) < 4.78 is 66.2. The molecule has 0 amide bonds. The zero-order valence-corrected chi connectivity index (χ0v) is 11.3. The van der Waals surface area contributed by atoms with Gasteiger partial charge in [0.1, 0.15) is 5.01 Å². The maximum atomic E-state index is 13.5. The summed E-state index contributed by atoms with van der Waals surface area (Å²) in [4.78, 5) is 0. The predicted octanol–water partition coefficient (Wildman–Crippen LogP) is 4.07. The Morgan fingerprint density at radius 2 is 1.40 bits per heavy atom. The molecule has 2 nitrogen and oxygen atoms in total. The molecule has 2 rings (SSSR count). The van der Waals surface area contributed by atoms with E-state index in [0.717, 1.165) is 11.3 Å². The summed E-state index contributed by atoms with van der Waals surface area (Å²) in [5.41, 5.74) is -1.06. The van der Waals surface area contributed by atoms with Gasteiger partial charge in [0.15, 0.2) is 28.3 Å². The minimum absolute atomic E-state index is 0.359. The fourth-order valence-electron chi connectivity index (χ4n) is 1.47. The summed E-state index contributed by atoms with van der Waals surface area (Å²) in [6, 6.07) is 0. The van der Waals surface area contributed by atoms with Crippen LogP contribution in [0.25, 0.3) is 10.6 Å². The summed E-state index contributed by atoms with van der Waals surface area (Å²) in [5, 5.41) is 7.14. The predicted molar refractivity (Wildman–Crippen MR) is 64.2 cm³/mol. The molecule has 108 valence electrons. The van der Waals surface area contributed by atoms with E-state index in [-0.39, 0.29) is 5.01 Å². The third-order valence-corrected chi connectivity index (χ3v) is 3.68. The molecule has 0 bridgehead atoms. The van der Waals surface area contributed by atoms with Crippen LogP contribution in [0.1, 0.15) is 11.4 Å². The number of aryl methyl sites for hydroxylation is 1. The van der Waals surface area contributed by atoms with E-state index in [4.69, 9.17) is 11.6 Å². The number of nitrogens with zero attached hydrogens (tertiary/aromatic N) is 2. The Bertz CT molecular complexity index is 617. The van der Waals surface area contributed by atoms with Crippen LogP contribution >= 0.6 is 22.9 Å². The van der Waals surface area contributed by atoms with Crippen molar-refractivity contribution < 1.29 is 22.0 Å². The van der Waals surface area contributed by atoms with Crippen LogP contribution in [0.5, 0.6) is 0 Å². The third kappa shape index (κ3) is 2.62. The lowest BCUT2D eigenvalue weighted by molar-refractivity contribution is 0.381. The monoisotopic (exact) mass is 328 g/mol. The molecule has 0 atom stereocenters. The average Bonchev–Trinajstić information content (AvgIpc) is 2.89. The number of aromatic nitrogens is 2. The van der Waals surface area contributed by atoms with E-state index in [1.165, 1.54) is 0 Å². The fourth-order valence-corrected chi connectivity index (χ4v) is 2.51. The quantitative estimate of drug-likeness (QED) is 0.366. The van der Waals surface area contributed by atoms with E-state index >= 15 is 0 Å². The van der Waals surface area contributed by atoms with Crippen LogP contribution in [0.4, 0.5) is 22.0 Å². The normalized spacial score (nSPS) is 11.1. The van der Waals surface area contributed by atoms with Gasteiger partial charge in [-0.25, -0.2) is 22.0 Å². The van der Waals surface area contributed by atoms with Gasteiger partial charge in [-0.15, -0.1) is 21.8 Å². The third-order valence-electron chi connectivity index (χ3n) is 2.41. The first-order valence-corrected chi connectivity index (χ1v) is 6.72. The second-order valence-corrected chi connectivity index (χ2v) is 5.18. The molecule has 0 saturated heterocycles. The molecule has 0 saturated carbocycles. The van der Waals surface area contributed by atoms with Gasteiger partial charge < -0.3 is 0 Å². The number of halogens is 6. The van der Waals surface area contributed by atoms with Crippen molar-refractivity contribution in [2.45, 2.75) is 12.8 Å². The summed E-state index contributed by atoms with van der Waals surface area (Å²) >= 11 is 6.24. The first kappa shape index (κ1) is 15.1. The van der Waals surface area contributed by atoms with E-state index in [1.807, 2.05) is 0 Å². The molecule has 0 aliphatic carbocycles. The number of alkyl halides is 1. The van der Waals surface area contributed by atoms with Crippen molar-refractivity contribution in [1.82, 2.24) is 10.2 Å². The molecule has 0 aliphatic rings. The summed E-state index contributed by atoms with van der Waals surface area (Å²) in [6.45, 7) is 0. The Morgan fingerprint density at radius 1 is 0.850 bits per heavy atom. The lowest BCUT2D eigenvalue weighted by Crippen LogP contribution is -2.03. The van der Waals surface area contributed by atoms with Crippen LogP contribution in [-0.4, -0.2) is 16.1 Å². The molecule has 0 fully saturated rings. The largest absolute Gasteiger partial charge is 0.203 e. The van der Waals surface area contributed by atoms with Crippen LogP contribution in [0, 0.1) is 29.1 Å². The molecule has 2 aromatic rings. The lowest BCUT2D eigenvalue weighted by atomic mass is 10.2. The van der Waals surface area contributed by atoms with Crippen molar-refractivity contribution in [2.75, 3.05) is 5.88 Å². The molecule has 0 unspecified atom stereocenters. The Labute approximate surface area is 119 Å². The maximum absolute atomic E-state index is 13.5. The Hall–Kier alpha value is -1.28. The molecule has 20 heavy (non-hydrogen) atoms. The Morgan fingerprint density at radius 3 is 1.95 bits per heavy atom.